The summed E-state index contributed by atoms with van der Waals surface area (Å²) in [4.78, 5) is 28.7. The van der Waals surface area contributed by atoms with Gasteiger partial charge in [0.05, 0.1) is 17.7 Å². The molecule has 5 rings (SSSR count). The van der Waals surface area contributed by atoms with Gasteiger partial charge in [0.2, 0.25) is 5.95 Å². The molecular weight excluding hydrogens is 508 g/mol. The molecule has 0 radical (unpaired) electrons. The first-order chi connectivity index (χ1) is 18.1. The van der Waals surface area contributed by atoms with Gasteiger partial charge in [-0.25, -0.2) is 24.2 Å². The maximum absolute atomic E-state index is 14.0. The maximum atomic E-state index is 14.0. The van der Waals surface area contributed by atoms with Gasteiger partial charge in [0.25, 0.3) is 5.82 Å². The van der Waals surface area contributed by atoms with Gasteiger partial charge in [0, 0.05) is 51.1 Å². The van der Waals surface area contributed by atoms with E-state index in [1.165, 1.54) is 30.3 Å². The summed E-state index contributed by atoms with van der Waals surface area (Å²) in [6.45, 7) is 2.73. The van der Waals surface area contributed by atoms with Crippen LogP contribution in [0, 0.1) is 24.1 Å². The minimum absolute atomic E-state index is 0.0262. The Morgan fingerprint density at radius 2 is 1.89 bits per heavy atom. The Morgan fingerprint density at radius 3 is 2.58 bits per heavy atom. The number of halogens is 4. The number of aromatic nitrogens is 5. The predicted octanol–water partition coefficient (Wildman–Crippen LogP) is 3.07. The van der Waals surface area contributed by atoms with Crippen molar-refractivity contribution >= 4 is 18.2 Å². The van der Waals surface area contributed by atoms with Gasteiger partial charge in [-0.15, -0.1) is 5.10 Å². The Bertz CT molecular complexity index is 1440. The van der Waals surface area contributed by atoms with Gasteiger partial charge in [0.1, 0.15) is 11.6 Å². The summed E-state index contributed by atoms with van der Waals surface area (Å²) >= 11 is 0. The fourth-order valence-corrected chi connectivity index (χ4v) is 4.32. The Labute approximate surface area is 213 Å². The van der Waals surface area contributed by atoms with Gasteiger partial charge in [-0.2, -0.15) is 33.2 Å². The van der Waals surface area contributed by atoms with E-state index in [0.717, 1.165) is 10.7 Å². The molecule has 1 unspecified atom stereocenters. The number of hydrazone groups is 1. The van der Waals surface area contributed by atoms with Crippen LogP contribution < -0.4 is 4.90 Å². The summed E-state index contributed by atoms with van der Waals surface area (Å²) in [5.74, 6) is -1.38. The quantitative estimate of drug-likeness (QED) is 0.480. The number of aryl methyl sites for hydroxylation is 1. The zero-order chi connectivity index (χ0) is 27.0. The Kier molecular flexibility index (Phi) is 6.39. The summed E-state index contributed by atoms with van der Waals surface area (Å²) in [5.41, 5.74) is 0.638. The molecule has 196 valence electrons. The van der Waals surface area contributed by atoms with Gasteiger partial charge in [0.15, 0.2) is 5.82 Å². The number of rotatable bonds is 3. The summed E-state index contributed by atoms with van der Waals surface area (Å²) in [7, 11) is 0. The van der Waals surface area contributed by atoms with Crippen molar-refractivity contribution < 1.29 is 22.4 Å². The number of carbonyl (C=O) groups is 1. The molecule has 1 atom stereocenters. The molecule has 2 aliphatic rings. The highest BCUT2D eigenvalue weighted by atomic mass is 19.4. The fourth-order valence-electron chi connectivity index (χ4n) is 4.32. The van der Waals surface area contributed by atoms with Crippen molar-refractivity contribution in [1.29, 1.82) is 5.26 Å². The number of hydrogen-bond donors (Lipinski definition) is 0. The third-order valence-electron chi connectivity index (χ3n) is 6.16. The molecule has 2 aromatic heterocycles. The highest BCUT2D eigenvalue weighted by Crippen LogP contribution is 2.31. The Hall–Kier alpha value is -4.61. The third-order valence-corrected chi connectivity index (χ3v) is 6.16. The van der Waals surface area contributed by atoms with Crippen molar-refractivity contribution in [3.63, 3.8) is 0 Å². The highest BCUT2D eigenvalue weighted by Gasteiger charge is 2.37. The number of nitrogens with zero attached hydrogens (tertiary/aromatic N) is 10. The Morgan fingerprint density at radius 1 is 1.13 bits per heavy atom. The molecule has 4 heterocycles. The van der Waals surface area contributed by atoms with Gasteiger partial charge in [-0.1, -0.05) is 0 Å². The molecule has 1 saturated heterocycles. The lowest BCUT2D eigenvalue weighted by molar-refractivity contribution is -0.144. The van der Waals surface area contributed by atoms with Crippen LogP contribution in [0.2, 0.25) is 0 Å². The molecule has 11 nitrogen and oxygen atoms in total. The van der Waals surface area contributed by atoms with Crippen molar-refractivity contribution in [1.82, 2.24) is 34.6 Å². The van der Waals surface area contributed by atoms with Crippen LogP contribution in [0.25, 0.3) is 5.82 Å². The molecule has 2 aliphatic heterocycles. The molecule has 15 heteroatoms. The number of piperazine rings is 1. The van der Waals surface area contributed by atoms with Crippen LogP contribution in [0.15, 0.2) is 35.6 Å². The number of amides is 2. The monoisotopic (exact) mass is 528 g/mol. The molecule has 0 bridgehead atoms. The van der Waals surface area contributed by atoms with Gasteiger partial charge in [-0.3, -0.25) is 0 Å². The topological polar surface area (TPSA) is 119 Å². The average Bonchev–Trinajstić information content (AvgIpc) is 3.55. The van der Waals surface area contributed by atoms with Crippen LogP contribution >= 0.6 is 0 Å². The van der Waals surface area contributed by atoms with E-state index in [4.69, 9.17) is 5.26 Å². The van der Waals surface area contributed by atoms with E-state index in [9.17, 15) is 22.4 Å². The van der Waals surface area contributed by atoms with Crippen LogP contribution in [0.5, 0.6) is 0 Å². The molecule has 1 fully saturated rings. The number of anilines is 1. The smallest absolute Gasteiger partial charge is 0.337 e. The van der Waals surface area contributed by atoms with Gasteiger partial charge in [-0.05, 0) is 30.7 Å². The molecule has 3 aromatic rings. The third kappa shape index (κ3) is 4.84. The first-order valence-electron chi connectivity index (χ1n) is 11.5. The molecule has 38 heavy (non-hydrogen) atoms. The standard InChI is InChI=1S/C23H20F4N10O/c1-14-31-20(23(25,26)27)33-36(14)19-3-4-29-21(32-19)34-6-8-35(9-7-34)22(38)37-18(2-5-30-37)16-10-15(13-28)11-17(24)12-16/h3-5,10-12,18H,2,6-9H2,1H3. The number of alkyl halides is 3. The number of carbonyl (C=O) groups excluding carboxylic acids is 1. The predicted molar refractivity (Wildman–Crippen MR) is 125 cm³/mol. The SMILES string of the molecule is Cc1nc(C(F)(F)F)nn1-c1ccnc(N2CCN(C(=O)N3N=CCC3c3cc(F)cc(C#N)c3)CC2)n1. The second kappa shape index (κ2) is 9.69. The summed E-state index contributed by atoms with van der Waals surface area (Å²) in [6, 6.07) is 6.41. The van der Waals surface area contributed by atoms with Crippen LogP contribution in [0.1, 0.15) is 35.2 Å². The highest BCUT2D eigenvalue weighted by molar-refractivity contribution is 5.78. The van der Waals surface area contributed by atoms with E-state index in [1.807, 2.05) is 6.07 Å². The first-order valence-corrected chi connectivity index (χ1v) is 11.5. The number of hydrogen-bond acceptors (Lipinski definition) is 8. The normalized spacial score (nSPS) is 17.7. The minimum atomic E-state index is -4.68. The second-order valence-corrected chi connectivity index (χ2v) is 8.64. The lowest BCUT2D eigenvalue weighted by Gasteiger charge is -2.37. The van der Waals surface area contributed by atoms with Crippen LogP contribution in [-0.4, -0.2) is 73.1 Å². The molecular formula is C23H20F4N10O. The summed E-state index contributed by atoms with van der Waals surface area (Å²) < 4.78 is 54.0. The van der Waals surface area contributed by atoms with Crippen molar-refractivity contribution in [3.05, 3.63) is 59.1 Å². The number of benzene rings is 1. The molecule has 2 amide bonds. The van der Waals surface area contributed by atoms with E-state index in [0.29, 0.717) is 38.2 Å². The summed E-state index contributed by atoms with van der Waals surface area (Å²) in [5, 5.41) is 18.1. The van der Waals surface area contributed by atoms with Gasteiger partial charge >= 0.3 is 12.2 Å². The average molecular weight is 528 g/mol. The largest absolute Gasteiger partial charge is 0.453 e. The van der Waals surface area contributed by atoms with Crippen molar-refractivity contribution in [2.75, 3.05) is 31.1 Å². The maximum Gasteiger partial charge on any atom is 0.453 e. The van der Waals surface area contributed by atoms with Crippen molar-refractivity contribution in [2.45, 2.75) is 25.6 Å². The zero-order valence-corrected chi connectivity index (χ0v) is 20.0. The number of nitriles is 1. The lowest BCUT2D eigenvalue weighted by Crippen LogP contribution is -2.52. The van der Waals surface area contributed by atoms with Gasteiger partial charge < -0.3 is 9.80 Å². The van der Waals surface area contributed by atoms with Crippen molar-refractivity contribution in [3.8, 4) is 11.9 Å². The molecule has 1 aromatic carbocycles. The van der Waals surface area contributed by atoms with Crippen molar-refractivity contribution in [2.24, 2.45) is 5.10 Å². The van der Waals surface area contributed by atoms with E-state index in [1.54, 1.807) is 22.1 Å². The minimum Gasteiger partial charge on any atom is -0.337 e. The number of urea groups is 1. The van der Waals surface area contributed by atoms with Crippen LogP contribution in [0.3, 0.4) is 0 Å². The molecule has 0 spiro atoms. The van der Waals surface area contributed by atoms with Crippen LogP contribution in [-0.2, 0) is 6.18 Å². The first kappa shape index (κ1) is 25.1. The van der Waals surface area contributed by atoms with E-state index < -0.39 is 23.9 Å². The molecule has 0 N–H and O–H groups in total. The second-order valence-electron chi connectivity index (χ2n) is 8.64. The van der Waals surface area contributed by atoms with Crippen LogP contribution in [0.4, 0.5) is 28.3 Å². The summed E-state index contributed by atoms with van der Waals surface area (Å²) in [6.07, 6.45) is -1.30. The fraction of sp³-hybridized carbons (Fsp3) is 0.348. The van der Waals surface area contributed by atoms with E-state index in [2.05, 4.69) is 25.2 Å². The zero-order valence-electron chi connectivity index (χ0n) is 20.0. The lowest BCUT2D eigenvalue weighted by atomic mass is 10.0. The molecule has 0 saturated carbocycles. The van der Waals surface area contributed by atoms with E-state index >= 15 is 0 Å². The molecule has 0 aliphatic carbocycles. The van der Waals surface area contributed by atoms with E-state index in [-0.39, 0.29) is 29.2 Å². The Balaban J connectivity index is 1.27.